The van der Waals surface area contributed by atoms with Crippen molar-refractivity contribution in [2.24, 2.45) is 4.99 Å². The van der Waals surface area contributed by atoms with Crippen LogP contribution in [0.2, 0.25) is 0 Å². The van der Waals surface area contributed by atoms with Crippen LogP contribution in [0.1, 0.15) is 38.7 Å². The predicted molar refractivity (Wildman–Crippen MR) is 120 cm³/mol. The van der Waals surface area contributed by atoms with E-state index in [0.717, 1.165) is 37.4 Å². The molecule has 1 rings (SSSR count). The highest BCUT2D eigenvalue weighted by Crippen LogP contribution is 2.13. The van der Waals surface area contributed by atoms with Crippen LogP contribution in [0.3, 0.4) is 0 Å². The van der Waals surface area contributed by atoms with Crippen LogP contribution in [-0.2, 0) is 16.0 Å². The van der Waals surface area contributed by atoms with Crippen LogP contribution in [0.25, 0.3) is 0 Å². The van der Waals surface area contributed by atoms with Gasteiger partial charge in [-0.1, -0.05) is 26.3 Å². The fraction of sp³-hybridized carbons (Fsp3) is 0.684. The van der Waals surface area contributed by atoms with Crippen molar-refractivity contribution in [1.82, 2.24) is 15.6 Å². The summed E-state index contributed by atoms with van der Waals surface area (Å²) in [4.78, 5) is 8.50. The first-order valence-corrected chi connectivity index (χ1v) is 9.48. The second-order valence-corrected chi connectivity index (χ2v) is 5.75. The van der Waals surface area contributed by atoms with E-state index in [1.165, 1.54) is 0 Å². The lowest BCUT2D eigenvalue weighted by atomic mass is 10.2. The Morgan fingerprint density at radius 2 is 1.81 bits per heavy atom. The average molecular weight is 494 g/mol. The van der Waals surface area contributed by atoms with E-state index in [0.29, 0.717) is 45.4 Å². The van der Waals surface area contributed by atoms with Crippen molar-refractivity contribution < 1.29 is 14.2 Å². The third-order valence-electron chi connectivity index (χ3n) is 3.52. The molecule has 0 saturated heterocycles. The van der Waals surface area contributed by atoms with Gasteiger partial charge in [0.15, 0.2) is 5.96 Å². The lowest BCUT2D eigenvalue weighted by molar-refractivity contribution is 0.0487. The third-order valence-corrected chi connectivity index (χ3v) is 3.52. The molecule has 7 nitrogen and oxygen atoms in total. The van der Waals surface area contributed by atoms with Crippen molar-refractivity contribution in [3.63, 3.8) is 0 Å². The lowest BCUT2D eigenvalue weighted by Gasteiger charge is -2.14. The first kappa shape index (κ1) is 25.9. The smallest absolute Gasteiger partial charge is 0.218 e. The normalized spacial score (nSPS) is 11.0. The van der Waals surface area contributed by atoms with Crippen molar-refractivity contribution in [2.75, 3.05) is 46.6 Å². The van der Waals surface area contributed by atoms with E-state index in [9.17, 15) is 0 Å². The van der Waals surface area contributed by atoms with Crippen LogP contribution in [0.5, 0.6) is 5.88 Å². The molecule has 0 amide bonds. The van der Waals surface area contributed by atoms with Crippen LogP contribution < -0.4 is 15.4 Å². The summed E-state index contributed by atoms with van der Waals surface area (Å²) >= 11 is 0. The number of unbranched alkanes of at least 4 members (excludes halogenated alkanes) is 1. The number of pyridine rings is 1. The summed E-state index contributed by atoms with van der Waals surface area (Å²) in [5.41, 5.74) is 1.00. The van der Waals surface area contributed by atoms with E-state index in [4.69, 9.17) is 14.2 Å². The van der Waals surface area contributed by atoms with Gasteiger partial charge < -0.3 is 24.8 Å². The molecular formula is C19H35IN4O3. The monoisotopic (exact) mass is 494 g/mol. The molecule has 0 atom stereocenters. The number of ether oxygens (including phenoxy) is 3. The van der Waals surface area contributed by atoms with Crippen LogP contribution in [0.4, 0.5) is 0 Å². The Kier molecular flexibility index (Phi) is 17.5. The molecule has 0 aromatic carbocycles. The van der Waals surface area contributed by atoms with Crippen LogP contribution >= 0.6 is 24.0 Å². The van der Waals surface area contributed by atoms with Gasteiger partial charge in [0.05, 0.1) is 26.4 Å². The molecule has 0 fully saturated rings. The first-order chi connectivity index (χ1) is 12.8. The molecule has 0 unspecified atom stereocenters. The largest absolute Gasteiger partial charge is 0.477 e. The number of rotatable bonds is 14. The Bertz CT molecular complexity index is 504. The van der Waals surface area contributed by atoms with Crippen LogP contribution in [0, 0.1) is 0 Å². The van der Waals surface area contributed by atoms with Crippen molar-refractivity contribution in [2.45, 2.75) is 39.7 Å². The number of halogens is 1. The summed E-state index contributed by atoms with van der Waals surface area (Å²) in [5, 5.41) is 6.49. The van der Waals surface area contributed by atoms with Gasteiger partial charge >= 0.3 is 0 Å². The second-order valence-electron chi connectivity index (χ2n) is 5.75. The molecule has 1 heterocycles. The van der Waals surface area contributed by atoms with Gasteiger partial charge in [-0.25, -0.2) is 4.98 Å². The molecule has 1 aromatic heterocycles. The van der Waals surface area contributed by atoms with Gasteiger partial charge in [-0.3, -0.25) is 4.99 Å². The van der Waals surface area contributed by atoms with Gasteiger partial charge in [-0.2, -0.15) is 0 Å². The molecule has 0 radical (unpaired) electrons. The minimum absolute atomic E-state index is 0. The summed E-state index contributed by atoms with van der Waals surface area (Å²) in [7, 11) is 1.75. The average Bonchev–Trinajstić information content (AvgIpc) is 2.68. The molecule has 0 aliphatic rings. The molecule has 0 aliphatic carbocycles. The van der Waals surface area contributed by atoms with Gasteiger partial charge in [0.2, 0.25) is 5.88 Å². The number of hydrogen-bond acceptors (Lipinski definition) is 5. The molecule has 156 valence electrons. The molecular weight excluding hydrogens is 459 g/mol. The Hall–Kier alpha value is -1.13. The Morgan fingerprint density at radius 1 is 1.04 bits per heavy atom. The minimum Gasteiger partial charge on any atom is -0.477 e. The van der Waals surface area contributed by atoms with Crippen LogP contribution in [-0.4, -0.2) is 57.6 Å². The molecule has 1 aromatic rings. The SMILES string of the molecule is CCCCOCCOCCNC(=NC)NCc1cccnc1OCCC.I. The topological polar surface area (TPSA) is 77.0 Å². The quantitative estimate of drug-likeness (QED) is 0.179. The highest BCUT2D eigenvalue weighted by atomic mass is 127. The summed E-state index contributed by atoms with van der Waals surface area (Å²) in [6.45, 7) is 8.85. The third kappa shape index (κ3) is 12.8. The van der Waals surface area contributed by atoms with E-state index in [-0.39, 0.29) is 24.0 Å². The van der Waals surface area contributed by atoms with Crippen LogP contribution in [0.15, 0.2) is 23.3 Å². The van der Waals surface area contributed by atoms with Gasteiger partial charge in [-0.05, 0) is 18.9 Å². The molecule has 0 saturated carbocycles. The zero-order chi connectivity index (χ0) is 18.9. The summed E-state index contributed by atoms with van der Waals surface area (Å²) in [6.07, 6.45) is 4.95. The van der Waals surface area contributed by atoms with E-state index in [2.05, 4.69) is 34.5 Å². The summed E-state index contributed by atoms with van der Waals surface area (Å²) < 4.78 is 16.7. The van der Waals surface area contributed by atoms with E-state index in [1.807, 2.05) is 12.1 Å². The number of aliphatic imine (C=N–C) groups is 1. The first-order valence-electron chi connectivity index (χ1n) is 9.48. The zero-order valence-electron chi connectivity index (χ0n) is 16.8. The van der Waals surface area contributed by atoms with Gasteiger partial charge in [0, 0.05) is 38.5 Å². The number of aromatic nitrogens is 1. The maximum atomic E-state index is 5.67. The molecule has 0 bridgehead atoms. The molecule has 8 heteroatoms. The van der Waals surface area contributed by atoms with Crippen molar-refractivity contribution >= 4 is 29.9 Å². The van der Waals surface area contributed by atoms with Crippen molar-refractivity contribution in [3.05, 3.63) is 23.9 Å². The summed E-state index contributed by atoms with van der Waals surface area (Å²) in [6, 6.07) is 3.91. The molecule has 0 spiro atoms. The molecule has 0 aliphatic heterocycles. The van der Waals surface area contributed by atoms with Gasteiger partial charge in [-0.15, -0.1) is 24.0 Å². The fourth-order valence-electron chi connectivity index (χ4n) is 2.10. The van der Waals surface area contributed by atoms with Gasteiger partial charge in [0.1, 0.15) is 0 Å². The fourth-order valence-corrected chi connectivity index (χ4v) is 2.10. The zero-order valence-corrected chi connectivity index (χ0v) is 19.2. The Labute approximate surface area is 180 Å². The van der Waals surface area contributed by atoms with E-state index >= 15 is 0 Å². The minimum atomic E-state index is 0. The van der Waals surface area contributed by atoms with Crippen molar-refractivity contribution in [3.8, 4) is 5.88 Å². The molecule has 2 N–H and O–H groups in total. The maximum absolute atomic E-state index is 5.67. The van der Waals surface area contributed by atoms with Crippen molar-refractivity contribution in [1.29, 1.82) is 0 Å². The number of hydrogen-bond donors (Lipinski definition) is 2. The number of guanidine groups is 1. The standard InChI is InChI=1S/C19H34N4O3.HI/c1-4-6-12-24-14-15-25-13-10-22-19(20-3)23-16-17-8-7-9-21-18(17)26-11-5-2;/h7-9H,4-6,10-16H2,1-3H3,(H2,20,22,23);1H. The highest BCUT2D eigenvalue weighted by molar-refractivity contribution is 14.0. The Morgan fingerprint density at radius 3 is 2.52 bits per heavy atom. The number of nitrogens with zero attached hydrogens (tertiary/aromatic N) is 2. The van der Waals surface area contributed by atoms with Gasteiger partial charge in [0.25, 0.3) is 0 Å². The lowest BCUT2D eigenvalue weighted by Crippen LogP contribution is -2.38. The summed E-state index contributed by atoms with van der Waals surface area (Å²) in [5.74, 6) is 1.39. The highest BCUT2D eigenvalue weighted by Gasteiger charge is 2.05. The Balaban J connectivity index is 0.00000676. The maximum Gasteiger partial charge on any atom is 0.218 e. The second kappa shape index (κ2) is 18.2. The predicted octanol–water partition coefficient (Wildman–Crippen LogP) is 2.99. The molecule has 27 heavy (non-hydrogen) atoms. The number of nitrogens with one attached hydrogen (secondary N) is 2. The van der Waals surface area contributed by atoms with E-state index < -0.39 is 0 Å². The van der Waals surface area contributed by atoms with E-state index in [1.54, 1.807) is 13.2 Å².